The second kappa shape index (κ2) is 9.42. The van der Waals surface area contributed by atoms with Crippen molar-refractivity contribution in [3.63, 3.8) is 0 Å². The Balaban J connectivity index is 0.00000324. The summed E-state index contributed by atoms with van der Waals surface area (Å²) in [4.78, 5) is 0. The van der Waals surface area contributed by atoms with Crippen molar-refractivity contribution in [1.82, 2.24) is 0 Å². The molecule has 1 aromatic rings. The van der Waals surface area contributed by atoms with Crippen LogP contribution in [0, 0.1) is 5.92 Å². The van der Waals surface area contributed by atoms with E-state index in [0.29, 0.717) is 12.5 Å². The van der Waals surface area contributed by atoms with Gasteiger partial charge < -0.3 is 22.4 Å². The summed E-state index contributed by atoms with van der Waals surface area (Å²) in [6, 6.07) is 5.24. The number of hydrogen-bond donors (Lipinski definition) is 0. The number of benzene rings is 1. The molecule has 7 heteroatoms. The van der Waals surface area contributed by atoms with E-state index in [2.05, 4.69) is 0 Å². The van der Waals surface area contributed by atoms with E-state index in [-0.39, 0.29) is 70.3 Å². The average molecular weight is 300 g/mol. The summed E-state index contributed by atoms with van der Waals surface area (Å²) in [5, 5.41) is 0. The predicted octanol–water partition coefficient (Wildman–Crippen LogP) is -0.204. The largest absolute Gasteiger partial charge is 1.00 e. The first-order valence-electron chi connectivity index (χ1n) is 5.90. The van der Waals surface area contributed by atoms with Gasteiger partial charge in [-0.05, 0) is 12.0 Å². The first-order chi connectivity index (χ1) is 8.41. The fourth-order valence-corrected chi connectivity index (χ4v) is 1.41. The molecule has 0 N–H and O–H groups in total. The van der Waals surface area contributed by atoms with E-state index in [1.165, 1.54) is 18.2 Å². The third-order valence-corrected chi connectivity index (χ3v) is 2.21. The molecule has 0 unspecified atom stereocenters. The minimum Gasteiger partial charge on any atom is -0.494 e. The zero-order valence-electron chi connectivity index (χ0n) is 11.5. The normalized spacial score (nSPS) is 11.3. The Kier molecular flexibility index (Phi) is 9.65. The molecule has 0 aliphatic rings. The maximum absolute atomic E-state index is 12.7. The molecule has 102 valence electrons. The van der Waals surface area contributed by atoms with Gasteiger partial charge in [0.25, 0.3) is 0 Å². The molecule has 0 fully saturated rings. The number of ether oxygens (including phenoxy) is 2. The van der Waals surface area contributed by atoms with E-state index < -0.39 is 12.4 Å². The molecule has 0 aromatic heterocycles. The Labute approximate surface area is 154 Å². The second-order valence-corrected chi connectivity index (χ2v) is 4.43. The van der Waals surface area contributed by atoms with Crippen LogP contribution in [-0.4, -0.2) is 26.8 Å². The Morgan fingerprint density at radius 3 is 2.32 bits per heavy atom. The molecule has 0 radical (unpaired) electrons. The van der Waals surface area contributed by atoms with Gasteiger partial charge in [0.15, 0.2) is 0 Å². The number of hydrogen-bond acceptors (Lipinski definition) is 2. The van der Waals surface area contributed by atoms with Crippen LogP contribution in [0.5, 0.6) is 5.75 Å². The van der Waals surface area contributed by atoms with Gasteiger partial charge in [0.2, 0.25) is 0 Å². The molecule has 2 nitrogen and oxygen atoms in total. The van der Waals surface area contributed by atoms with Gasteiger partial charge in [0.1, 0.15) is 6.61 Å². The number of halogens is 3. The fourth-order valence-electron chi connectivity index (χ4n) is 1.41. The molecule has 0 amide bonds. The van der Waals surface area contributed by atoms with Gasteiger partial charge >= 0.3 is 58.4 Å². The second-order valence-electron chi connectivity index (χ2n) is 4.43. The molecule has 0 aliphatic carbocycles. The molecular weight excluding hydrogens is 283 g/mol. The predicted molar refractivity (Wildman–Crippen MR) is 66.3 cm³/mol. The van der Waals surface area contributed by atoms with Crippen molar-refractivity contribution >= 4 is 12.4 Å². The summed E-state index contributed by atoms with van der Waals surface area (Å²) < 4.78 is 48.4. The van der Waals surface area contributed by atoms with E-state index in [1.807, 2.05) is 13.8 Å². The van der Waals surface area contributed by atoms with Crippen molar-refractivity contribution in [3.8, 4) is 5.75 Å². The monoisotopic (exact) mass is 300 g/mol. The van der Waals surface area contributed by atoms with Crippen LogP contribution in [-0.2, 0) is 4.74 Å². The van der Waals surface area contributed by atoms with Crippen LogP contribution in [0.4, 0.5) is 12.9 Å². The minimum atomic E-state index is -5.04. The quantitative estimate of drug-likeness (QED) is 0.513. The van der Waals surface area contributed by atoms with Gasteiger partial charge in [-0.15, -0.1) is 0 Å². The zero-order chi connectivity index (χ0) is 13.6. The minimum absolute atomic E-state index is 0. The fraction of sp³-hybridized carbons (Fsp3) is 0.500. The van der Waals surface area contributed by atoms with Crippen LogP contribution in [0.2, 0.25) is 0 Å². The number of rotatable bonds is 7. The molecule has 0 heterocycles. The molecule has 0 saturated heterocycles. The van der Waals surface area contributed by atoms with Gasteiger partial charge in [-0.25, -0.2) is 0 Å². The summed E-state index contributed by atoms with van der Waals surface area (Å²) in [6.45, 7) is -0.0477. The Bertz CT molecular complexity index is 372. The molecule has 0 spiro atoms. The van der Waals surface area contributed by atoms with Crippen LogP contribution >= 0.6 is 0 Å². The van der Waals surface area contributed by atoms with Crippen molar-refractivity contribution in [3.05, 3.63) is 24.3 Å². The third kappa shape index (κ3) is 7.72. The van der Waals surface area contributed by atoms with Crippen LogP contribution in [0.15, 0.2) is 24.3 Å². The van der Waals surface area contributed by atoms with Crippen LogP contribution in [0.1, 0.15) is 13.8 Å². The summed E-state index contributed by atoms with van der Waals surface area (Å²) in [5.74, 6) is 0.272. The Morgan fingerprint density at radius 2 is 1.74 bits per heavy atom. The maximum Gasteiger partial charge on any atom is 1.00 e. The summed E-state index contributed by atoms with van der Waals surface area (Å²) in [7, 11) is 0. The summed E-state index contributed by atoms with van der Waals surface area (Å²) >= 11 is 0. The van der Waals surface area contributed by atoms with Gasteiger partial charge in [-0.3, -0.25) is 0 Å². The molecule has 0 atom stereocenters. The zero-order valence-corrected chi connectivity index (χ0v) is 14.7. The van der Waals surface area contributed by atoms with Crippen LogP contribution < -0.4 is 61.6 Å². The SMILES string of the molecule is CC(C)COCCOc1ccccc1[B-](F)(F)F.[K+]. The van der Waals surface area contributed by atoms with Crippen molar-refractivity contribution in [2.45, 2.75) is 13.8 Å². The topological polar surface area (TPSA) is 18.5 Å². The van der Waals surface area contributed by atoms with E-state index in [0.717, 1.165) is 6.07 Å². The summed E-state index contributed by atoms with van der Waals surface area (Å²) in [5.41, 5.74) is -0.693. The van der Waals surface area contributed by atoms with Crippen molar-refractivity contribution in [2.75, 3.05) is 19.8 Å². The van der Waals surface area contributed by atoms with Crippen LogP contribution in [0.25, 0.3) is 0 Å². The van der Waals surface area contributed by atoms with Gasteiger partial charge in [0, 0.05) is 6.61 Å². The molecular formula is C12H17BF3KO2. The number of para-hydroxylation sites is 1. The van der Waals surface area contributed by atoms with Crippen molar-refractivity contribution in [1.29, 1.82) is 0 Å². The van der Waals surface area contributed by atoms with E-state index in [1.54, 1.807) is 0 Å². The molecule has 0 aliphatic heterocycles. The molecule has 1 rings (SSSR count). The van der Waals surface area contributed by atoms with Crippen LogP contribution in [0.3, 0.4) is 0 Å². The molecule has 0 saturated carbocycles. The van der Waals surface area contributed by atoms with Crippen molar-refractivity contribution in [2.24, 2.45) is 5.92 Å². The van der Waals surface area contributed by atoms with Crippen molar-refractivity contribution < 1.29 is 73.8 Å². The maximum atomic E-state index is 12.7. The molecule has 0 bridgehead atoms. The van der Waals surface area contributed by atoms with E-state index >= 15 is 0 Å². The smallest absolute Gasteiger partial charge is 0.494 e. The standard InChI is InChI=1S/C12H17BF3O2.K/c1-10(2)9-17-7-8-18-12-6-4-3-5-11(12)13(14,15)16;/h3-6,10H,7-9H2,1-2H3;/q-1;+1. The van der Waals surface area contributed by atoms with Gasteiger partial charge in [-0.1, -0.05) is 37.5 Å². The third-order valence-electron chi connectivity index (χ3n) is 2.21. The Hall–Kier alpha value is 0.471. The first-order valence-corrected chi connectivity index (χ1v) is 5.90. The van der Waals surface area contributed by atoms with E-state index in [4.69, 9.17) is 9.47 Å². The average Bonchev–Trinajstić information content (AvgIpc) is 2.27. The van der Waals surface area contributed by atoms with Gasteiger partial charge in [0.05, 0.1) is 12.4 Å². The molecule has 1 aromatic carbocycles. The first kappa shape index (κ1) is 19.5. The van der Waals surface area contributed by atoms with E-state index in [9.17, 15) is 12.9 Å². The molecule has 19 heavy (non-hydrogen) atoms. The summed E-state index contributed by atoms with van der Waals surface area (Å²) in [6.07, 6.45) is 0. The van der Waals surface area contributed by atoms with Gasteiger partial charge in [-0.2, -0.15) is 0 Å². The Morgan fingerprint density at radius 1 is 1.11 bits per heavy atom.